The molecule has 0 aromatic heterocycles. The Morgan fingerprint density at radius 3 is 1.44 bits per heavy atom. The maximum absolute atomic E-state index is 12.5. The van der Waals surface area contributed by atoms with Gasteiger partial charge in [0.15, 0.2) is 6.10 Å². The van der Waals surface area contributed by atoms with Gasteiger partial charge in [-0.2, -0.15) is 0 Å². The SMILES string of the molecule is CC/C=C\C/C=C\C/C=C\C/C=C\C/C=C\CCCCCC(=O)OCC(COCCCCCCCCCC)OC(=O)CCCCCCCCC. The van der Waals surface area contributed by atoms with Crippen LogP contribution in [0.1, 0.15) is 188 Å². The first-order chi connectivity index (χ1) is 24.6. The summed E-state index contributed by atoms with van der Waals surface area (Å²) in [7, 11) is 0. The summed E-state index contributed by atoms with van der Waals surface area (Å²) in [5, 5.41) is 0. The van der Waals surface area contributed by atoms with Gasteiger partial charge in [-0.3, -0.25) is 9.59 Å². The Morgan fingerprint density at radius 2 is 0.900 bits per heavy atom. The van der Waals surface area contributed by atoms with Gasteiger partial charge in [0.2, 0.25) is 0 Å². The van der Waals surface area contributed by atoms with Crippen LogP contribution in [-0.4, -0.2) is 37.9 Å². The number of ether oxygens (including phenoxy) is 3. The molecule has 0 saturated carbocycles. The minimum absolute atomic E-state index is 0.0685. The Hall–Kier alpha value is -2.40. The molecular formula is C45H78O5. The molecule has 0 rings (SSSR count). The predicted molar refractivity (Wildman–Crippen MR) is 214 cm³/mol. The highest BCUT2D eigenvalue weighted by atomic mass is 16.6. The molecule has 0 saturated heterocycles. The van der Waals surface area contributed by atoms with Gasteiger partial charge in [0.05, 0.1) is 6.61 Å². The molecule has 5 nitrogen and oxygen atoms in total. The second kappa shape index (κ2) is 41.0. The number of hydrogen-bond donors (Lipinski definition) is 0. The molecule has 0 aliphatic carbocycles. The normalized spacial score (nSPS) is 12.8. The largest absolute Gasteiger partial charge is 0.462 e. The Labute approximate surface area is 309 Å². The minimum atomic E-state index is -0.541. The average molecular weight is 699 g/mol. The van der Waals surface area contributed by atoms with Gasteiger partial charge in [0, 0.05) is 19.4 Å². The number of esters is 2. The highest BCUT2D eigenvalue weighted by molar-refractivity contribution is 5.70. The van der Waals surface area contributed by atoms with Gasteiger partial charge >= 0.3 is 11.9 Å². The van der Waals surface area contributed by atoms with Gasteiger partial charge < -0.3 is 14.2 Å². The maximum Gasteiger partial charge on any atom is 0.306 e. The summed E-state index contributed by atoms with van der Waals surface area (Å²) in [6.07, 6.45) is 49.4. The number of carbonyl (C=O) groups excluding carboxylic acids is 2. The molecule has 0 bridgehead atoms. The van der Waals surface area contributed by atoms with Crippen LogP contribution in [0.15, 0.2) is 60.8 Å². The number of rotatable bonds is 37. The zero-order chi connectivity index (χ0) is 36.4. The Balaban J connectivity index is 4.18. The third-order valence-corrected chi connectivity index (χ3v) is 8.57. The van der Waals surface area contributed by atoms with E-state index >= 15 is 0 Å². The summed E-state index contributed by atoms with van der Waals surface area (Å²) in [5.74, 6) is -0.443. The van der Waals surface area contributed by atoms with E-state index in [0.29, 0.717) is 19.4 Å². The molecule has 50 heavy (non-hydrogen) atoms. The summed E-state index contributed by atoms with van der Waals surface area (Å²) in [5.41, 5.74) is 0. The molecule has 1 atom stereocenters. The molecule has 0 radical (unpaired) electrons. The lowest BCUT2D eigenvalue weighted by Gasteiger charge is -2.18. The van der Waals surface area contributed by atoms with Gasteiger partial charge in [0.25, 0.3) is 0 Å². The van der Waals surface area contributed by atoms with Crippen molar-refractivity contribution in [2.75, 3.05) is 19.8 Å². The predicted octanol–water partition coefficient (Wildman–Crippen LogP) is 13.4. The topological polar surface area (TPSA) is 61.8 Å². The van der Waals surface area contributed by atoms with Crippen molar-refractivity contribution in [3.05, 3.63) is 60.8 Å². The first kappa shape index (κ1) is 47.6. The van der Waals surface area contributed by atoms with E-state index in [1.165, 1.54) is 70.6 Å². The fourth-order valence-electron chi connectivity index (χ4n) is 5.48. The highest BCUT2D eigenvalue weighted by Gasteiger charge is 2.17. The van der Waals surface area contributed by atoms with E-state index in [1.54, 1.807) is 0 Å². The molecule has 0 aromatic carbocycles. The summed E-state index contributed by atoms with van der Waals surface area (Å²) in [4.78, 5) is 25.0. The van der Waals surface area contributed by atoms with Crippen molar-refractivity contribution < 1.29 is 23.8 Å². The number of allylic oxidation sites excluding steroid dienone is 10. The summed E-state index contributed by atoms with van der Waals surface area (Å²) < 4.78 is 17.1. The smallest absolute Gasteiger partial charge is 0.306 e. The Bertz CT molecular complexity index is 884. The second-order valence-corrected chi connectivity index (χ2v) is 13.5. The van der Waals surface area contributed by atoms with E-state index in [9.17, 15) is 9.59 Å². The summed E-state index contributed by atoms with van der Waals surface area (Å²) in [6, 6.07) is 0. The molecule has 5 heteroatoms. The van der Waals surface area contributed by atoms with E-state index in [4.69, 9.17) is 14.2 Å². The minimum Gasteiger partial charge on any atom is -0.462 e. The lowest BCUT2D eigenvalue weighted by Crippen LogP contribution is -2.30. The van der Waals surface area contributed by atoms with Crippen molar-refractivity contribution in [3.63, 3.8) is 0 Å². The molecule has 0 N–H and O–H groups in total. The van der Waals surface area contributed by atoms with Crippen molar-refractivity contribution in [1.29, 1.82) is 0 Å². The molecule has 0 aliphatic heterocycles. The van der Waals surface area contributed by atoms with Gasteiger partial charge in [-0.25, -0.2) is 0 Å². The van der Waals surface area contributed by atoms with Crippen LogP contribution in [0.3, 0.4) is 0 Å². The van der Waals surface area contributed by atoms with Crippen LogP contribution in [0.2, 0.25) is 0 Å². The molecule has 0 fully saturated rings. The quantitative estimate of drug-likeness (QED) is 0.0367. The van der Waals surface area contributed by atoms with Crippen molar-refractivity contribution in [3.8, 4) is 0 Å². The second-order valence-electron chi connectivity index (χ2n) is 13.5. The lowest BCUT2D eigenvalue weighted by atomic mass is 10.1. The monoisotopic (exact) mass is 699 g/mol. The van der Waals surface area contributed by atoms with Gasteiger partial charge in [-0.15, -0.1) is 0 Å². The van der Waals surface area contributed by atoms with Gasteiger partial charge in [-0.1, -0.05) is 171 Å². The van der Waals surface area contributed by atoms with Crippen molar-refractivity contribution in [2.45, 2.75) is 194 Å². The third kappa shape index (κ3) is 38.4. The first-order valence-corrected chi connectivity index (χ1v) is 20.8. The fraction of sp³-hybridized carbons (Fsp3) is 0.733. The van der Waals surface area contributed by atoms with Crippen LogP contribution >= 0.6 is 0 Å². The Kier molecular flexibility index (Phi) is 39.1. The van der Waals surface area contributed by atoms with E-state index in [2.05, 4.69) is 81.5 Å². The van der Waals surface area contributed by atoms with Gasteiger partial charge in [0.1, 0.15) is 6.61 Å². The summed E-state index contributed by atoms with van der Waals surface area (Å²) >= 11 is 0. The zero-order valence-electron chi connectivity index (χ0n) is 32.9. The van der Waals surface area contributed by atoms with Crippen LogP contribution in [0.4, 0.5) is 0 Å². The molecule has 288 valence electrons. The van der Waals surface area contributed by atoms with E-state index in [0.717, 1.165) is 83.5 Å². The molecule has 0 aromatic rings. The molecule has 0 spiro atoms. The lowest BCUT2D eigenvalue weighted by molar-refractivity contribution is -0.163. The number of hydrogen-bond acceptors (Lipinski definition) is 5. The van der Waals surface area contributed by atoms with Crippen molar-refractivity contribution in [2.24, 2.45) is 0 Å². The van der Waals surface area contributed by atoms with Crippen LogP contribution in [0.25, 0.3) is 0 Å². The standard InChI is InChI=1S/C45H78O5/c1-4-7-10-13-16-18-19-20-21-22-23-24-25-26-27-28-30-32-35-38-44(46)49-42-43(41-48-40-37-34-31-17-14-11-8-5-2)50-45(47)39-36-33-29-15-12-9-6-3/h7,10,16,18,20-21,23-24,26-27,43H,4-6,8-9,11-15,17,19,22,25,28-42H2,1-3H3/b10-7-,18-16-,21-20-,24-23-,27-26-. The molecular weight excluding hydrogens is 620 g/mol. The zero-order valence-corrected chi connectivity index (χ0v) is 32.9. The molecule has 0 heterocycles. The number of carbonyl (C=O) groups is 2. The molecule has 1 unspecified atom stereocenters. The first-order valence-electron chi connectivity index (χ1n) is 20.8. The van der Waals surface area contributed by atoms with Crippen LogP contribution in [-0.2, 0) is 23.8 Å². The third-order valence-electron chi connectivity index (χ3n) is 8.57. The molecule has 0 amide bonds. The highest BCUT2D eigenvalue weighted by Crippen LogP contribution is 2.12. The van der Waals surface area contributed by atoms with Crippen LogP contribution in [0.5, 0.6) is 0 Å². The Morgan fingerprint density at radius 1 is 0.460 bits per heavy atom. The van der Waals surface area contributed by atoms with E-state index in [-0.39, 0.29) is 25.2 Å². The van der Waals surface area contributed by atoms with Crippen LogP contribution < -0.4 is 0 Å². The van der Waals surface area contributed by atoms with E-state index in [1.807, 2.05) is 0 Å². The average Bonchev–Trinajstić information content (AvgIpc) is 3.11. The number of unbranched alkanes of at least 4 members (excludes halogenated alkanes) is 16. The molecule has 0 aliphatic rings. The van der Waals surface area contributed by atoms with E-state index < -0.39 is 6.10 Å². The summed E-state index contributed by atoms with van der Waals surface area (Å²) in [6.45, 7) is 7.61. The van der Waals surface area contributed by atoms with Crippen LogP contribution in [0, 0.1) is 0 Å². The van der Waals surface area contributed by atoms with Crippen molar-refractivity contribution in [1.82, 2.24) is 0 Å². The maximum atomic E-state index is 12.5. The fourth-order valence-corrected chi connectivity index (χ4v) is 5.48. The van der Waals surface area contributed by atoms with Crippen molar-refractivity contribution >= 4 is 11.9 Å². The van der Waals surface area contributed by atoms with Gasteiger partial charge in [-0.05, 0) is 64.2 Å².